The molecule has 0 saturated carbocycles. The minimum absolute atomic E-state index is 0.288. The van der Waals surface area contributed by atoms with Crippen molar-refractivity contribution in [1.29, 1.82) is 0 Å². The number of ether oxygens (including phenoxy) is 1. The molecule has 6 nitrogen and oxygen atoms in total. The van der Waals surface area contributed by atoms with Crippen molar-refractivity contribution in [3.05, 3.63) is 96.2 Å². The summed E-state index contributed by atoms with van der Waals surface area (Å²) >= 11 is 0. The Morgan fingerprint density at radius 3 is 2.38 bits per heavy atom. The third kappa shape index (κ3) is 4.62. The molecule has 1 amide bonds. The third-order valence-corrected chi connectivity index (χ3v) is 4.43. The molecule has 4 rings (SSSR count). The lowest BCUT2D eigenvalue weighted by atomic mass is 10.2. The zero-order chi connectivity index (χ0) is 19.9. The molecule has 0 fully saturated rings. The number of para-hydroxylation sites is 2. The fourth-order valence-electron chi connectivity index (χ4n) is 3.04. The van der Waals surface area contributed by atoms with Crippen molar-refractivity contribution in [1.82, 2.24) is 15.3 Å². The number of hydrogen-bond acceptors (Lipinski definition) is 4. The van der Waals surface area contributed by atoms with E-state index in [9.17, 15) is 4.79 Å². The van der Waals surface area contributed by atoms with Gasteiger partial charge in [0.1, 0.15) is 12.4 Å². The van der Waals surface area contributed by atoms with Gasteiger partial charge < -0.3 is 4.74 Å². The molecule has 0 saturated heterocycles. The van der Waals surface area contributed by atoms with Gasteiger partial charge in [-0.15, -0.1) is 0 Å². The summed E-state index contributed by atoms with van der Waals surface area (Å²) in [7, 11) is 0. The molecule has 0 unspecified atom stereocenters. The van der Waals surface area contributed by atoms with Crippen LogP contribution in [0.2, 0.25) is 0 Å². The molecule has 0 bridgehead atoms. The monoisotopic (exact) mass is 387 g/mol. The normalized spacial score (nSPS) is 10.8. The van der Waals surface area contributed by atoms with Crippen molar-refractivity contribution >= 4 is 16.8 Å². The number of rotatable bonds is 8. The highest BCUT2D eigenvalue weighted by Gasteiger charge is 2.17. The zero-order valence-corrected chi connectivity index (χ0v) is 15.8. The van der Waals surface area contributed by atoms with Crippen LogP contribution in [0.3, 0.4) is 0 Å². The highest BCUT2D eigenvalue weighted by atomic mass is 16.6. The van der Waals surface area contributed by atoms with E-state index in [-0.39, 0.29) is 12.5 Å². The number of hydrogen-bond donors (Lipinski definition) is 1. The second-order valence-electron chi connectivity index (χ2n) is 6.46. The van der Waals surface area contributed by atoms with Gasteiger partial charge in [0, 0.05) is 5.39 Å². The van der Waals surface area contributed by atoms with E-state index in [0.717, 1.165) is 22.2 Å². The first kappa shape index (κ1) is 18.7. The SMILES string of the molecule is O=C(NOCc1ccccc1)c1nn(CCOc2ccccc2)c2ccccc12. The maximum absolute atomic E-state index is 12.6. The topological polar surface area (TPSA) is 65.4 Å². The smallest absolute Gasteiger partial charge is 0.295 e. The van der Waals surface area contributed by atoms with E-state index in [1.54, 1.807) is 4.68 Å². The maximum atomic E-state index is 12.6. The highest BCUT2D eigenvalue weighted by Crippen LogP contribution is 2.19. The van der Waals surface area contributed by atoms with E-state index in [1.807, 2.05) is 84.9 Å². The zero-order valence-electron chi connectivity index (χ0n) is 15.8. The molecule has 1 aromatic heterocycles. The Bertz CT molecular complexity index is 1080. The number of nitrogens with zero attached hydrogens (tertiary/aromatic N) is 2. The second kappa shape index (κ2) is 9.03. The van der Waals surface area contributed by atoms with Crippen molar-refractivity contribution in [3.63, 3.8) is 0 Å². The van der Waals surface area contributed by atoms with Crippen LogP contribution in [-0.2, 0) is 18.0 Å². The number of carbonyl (C=O) groups is 1. The summed E-state index contributed by atoms with van der Waals surface area (Å²) in [5.74, 6) is 0.427. The minimum Gasteiger partial charge on any atom is -0.492 e. The molecule has 0 spiro atoms. The Labute approximate surface area is 168 Å². The number of hydroxylamine groups is 1. The molecule has 4 aromatic rings. The molecule has 1 N–H and O–H groups in total. The lowest BCUT2D eigenvalue weighted by Crippen LogP contribution is -2.24. The van der Waals surface area contributed by atoms with Gasteiger partial charge in [0.05, 0.1) is 18.7 Å². The standard InChI is InChI=1S/C23H21N3O3/c27-23(25-29-17-18-9-3-1-4-10-18)22-20-13-7-8-14-21(20)26(24-22)15-16-28-19-11-5-2-6-12-19/h1-14H,15-17H2,(H,25,27). The molecule has 0 aliphatic carbocycles. The van der Waals surface area contributed by atoms with Crippen LogP contribution in [0.25, 0.3) is 10.9 Å². The quantitative estimate of drug-likeness (QED) is 0.465. The van der Waals surface area contributed by atoms with Crippen LogP contribution < -0.4 is 10.2 Å². The van der Waals surface area contributed by atoms with Gasteiger partial charge in [-0.1, -0.05) is 66.7 Å². The average Bonchev–Trinajstić information content (AvgIpc) is 3.14. The van der Waals surface area contributed by atoms with E-state index >= 15 is 0 Å². The number of amides is 1. The summed E-state index contributed by atoms with van der Waals surface area (Å²) < 4.78 is 7.54. The fourth-order valence-corrected chi connectivity index (χ4v) is 3.04. The van der Waals surface area contributed by atoms with E-state index in [1.165, 1.54) is 0 Å². The van der Waals surface area contributed by atoms with Gasteiger partial charge in [-0.25, -0.2) is 5.48 Å². The van der Waals surface area contributed by atoms with Crippen LogP contribution in [0.4, 0.5) is 0 Å². The summed E-state index contributed by atoms with van der Waals surface area (Å²) in [6.45, 7) is 1.25. The molecule has 6 heteroatoms. The molecule has 0 atom stereocenters. The van der Waals surface area contributed by atoms with E-state index < -0.39 is 0 Å². The Hall–Kier alpha value is -3.64. The lowest BCUT2D eigenvalue weighted by Gasteiger charge is -2.07. The molecule has 3 aromatic carbocycles. The Morgan fingerprint density at radius 2 is 1.59 bits per heavy atom. The number of benzene rings is 3. The largest absolute Gasteiger partial charge is 0.492 e. The van der Waals surface area contributed by atoms with E-state index in [0.29, 0.717) is 18.8 Å². The highest BCUT2D eigenvalue weighted by molar-refractivity contribution is 6.04. The van der Waals surface area contributed by atoms with Crippen molar-refractivity contribution in [2.45, 2.75) is 13.2 Å². The van der Waals surface area contributed by atoms with E-state index in [4.69, 9.17) is 9.57 Å². The van der Waals surface area contributed by atoms with Gasteiger partial charge in [-0.2, -0.15) is 5.10 Å². The first-order chi connectivity index (χ1) is 14.3. The third-order valence-electron chi connectivity index (χ3n) is 4.43. The van der Waals surface area contributed by atoms with Gasteiger partial charge in [0.15, 0.2) is 5.69 Å². The van der Waals surface area contributed by atoms with Crippen LogP contribution >= 0.6 is 0 Å². The molecular formula is C23H21N3O3. The summed E-state index contributed by atoms with van der Waals surface area (Å²) in [5.41, 5.74) is 4.66. The van der Waals surface area contributed by atoms with Gasteiger partial charge in [0.25, 0.3) is 5.91 Å². The Morgan fingerprint density at radius 1 is 0.897 bits per heavy atom. The second-order valence-corrected chi connectivity index (χ2v) is 6.46. The van der Waals surface area contributed by atoms with Gasteiger partial charge >= 0.3 is 0 Å². The summed E-state index contributed by atoms with van der Waals surface area (Å²) in [6.07, 6.45) is 0. The molecule has 0 aliphatic heterocycles. The van der Waals surface area contributed by atoms with Crippen molar-refractivity contribution in [2.75, 3.05) is 6.61 Å². The van der Waals surface area contributed by atoms with Crippen molar-refractivity contribution < 1.29 is 14.4 Å². The van der Waals surface area contributed by atoms with Crippen molar-refractivity contribution in [3.8, 4) is 5.75 Å². The number of carbonyl (C=O) groups excluding carboxylic acids is 1. The van der Waals surface area contributed by atoms with Crippen LogP contribution in [0, 0.1) is 0 Å². The lowest BCUT2D eigenvalue weighted by molar-refractivity contribution is 0.0230. The molecule has 0 radical (unpaired) electrons. The van der Waals surface area contributed by atoms with E-state index in [2.05, 4.69) is 10.6 Å². The Kier molecular flexibility index (Phi) is 5.83. The molecule has 29 heavy (non-hydrogen) atoms. The van der Waals surface area contributed by atoms with Crippen LogP contribution in [0.5, 0.6) is 5.75 Å². The summed E-state index contributed by atoms with van der Waals surface area (Å²) in [5, 5.41) is 5.26. The first-order valence-electron chi connectivity index (χ1n) is 9.41. The predicted octanol–water partition coefficient (Wildman–Crippen LogP) is 3.98. The minimum atomic E-state index is -0.375. The molecule has 0 aliphatic rings. The number of aromatic nitrogens is 2. The average molecular weight is 387 g/mol. The maximum Gasteiger partial charge on any atom is 0.295 e. The van der Waals surface area contributed by atoms with Gasteiger partial charge in [-0.05, 0) is 23.8 Å². The first-order valence-corrected chi connectivity index (χ1v) is 9.41. The fraction of sp³-hybridized carbons (Fsp3) is 0.130. The molecular weight excluding hydrogens is 366 g/mol. The number of fused-ring (bicyclic) bond motifs is 1. The Balaban J connectivity index is 1.43. The summed E-state index contributed by atoms with van der Waals surface area (Å²) in [6, 6.07) is 26.9. The predicted molar refractivity (Wildman–Crippen MR) is 110 cm³/mol. The van der Waals surface area contributed by atoms with Gasteiger partial charge in [-0.3, -0.25) is 14.3 Å². The van der Waals surface area contributed by atoms with Crippen LogP contribution in [0.15, 0.2) is 84.9 Å². The molecule has 1 heterocycles. The number of nitrogens with one attached hydrogen (secondary N) is 1. The van der Waals surface area contributed by atoms with Crippen LogP contribution in [-0.4, -0.2) is 22.3 Å². The van der Waals surface area contributed by atoms with Crippen molar-refractivity contribution in [2.24, 2.45) is 0 Å². The molecule has 146 valence electrons. The van der Waals surface area contributed by atoms with Gasteiger partial charge in [0.2, 0.25) is 0 Å². The van der Waals surface area contributed by atoms with Crippen LogP contribution in [0.1, 0.15) is 16.1 Å². The summed E-state index contributed by atoms with van der Waals surface area (Å²) in [4.78, 5) is 18.0.